The zero-order chi connectivity index (χ0) is 16.1. The highest BCUT2D eigenvalue weighted by Crippen LogP contribution is 2.33. The van der Waals surface area contributed by atoms with Gasteiger partial charge in [-0.25, -0.2) is 0 Å². The predicted molar refractivity (Wildman–Crippen MR) is 105 cm³/mol. The van der Waals surface area contributed by atoms with E-state index in [1.807, 2.05) is 11.9 Å². The van der Waals surface area contributed by atoms with Crippen molar-refractivity contribution in [2.45, 2.75) is 25.7 Å². The van der Waals surface area contributed by atoms with E-state index in [-0.39, 0.29) is 29.9 Å². The molecule has 0 aromatic carbocycles. The first kappa shape index (κ1) is 19.1. The van der Waals surface area contributed by atoms with Gasteiger partial charge in [0.15, 0.2) is 11.7 Å². The third-order valence-electron chi connectivity index (χ3n) is 4.58. The second-order valence-electron chi connectivity index (χ2n) is 6.32. The average molecular weight is 446 g/mol. The number of carbonyl (C=O) groups is 1. The van der Waals surface area contributed by atoms with Gasteiger partial charge in [0, 0.05) is 39.8 Å². The van der Waals surface area contributed by atoms with Gasteiger partial charge in [-0.2, -0.15) is 0 Å². The normalized spacial score (nSPS) is 18.3. The molecule has 1 aromatic heterocycles. The molecule has 1 saturated heterocycles. The maximum absolute atomic E-state index is 12.3. The molecule has 7 heteroatoms. The Morgan fingerprint density at radius 2 is 2.00 bits per heavy atom. The van der Waals surface area contributed by atoms with Crippen LogP contribution in [0.5, 0.6) is 0 Å². The van der Waals surface area contributed by atoms with E-state index in [1.165, 1.54) is 31.9 Å². The Bertz CT molecular complexity index is 535. The number of hydrogen-bond acceptors (Lipinski definition) is 3. The number of hydrogen-bond donors (Lipinski definition) is 1. The van der Waals surface area contributed by atoms with E-state index in [9.17, 15) is 4.79 Å². The first-order chi connectivity index (χ1) is 11.3. The fraction of sp³-hybridized carbons (Fsp3) is 0.647. The lowest BCUT2D eigenvalue weighted by molar-refractivity contribution is 0.0658. The number of piperazine rings is 1. The first-order valence-corrected chi connectivity index (χ1v) is 8.56. The molecule has 0 unspecified atom stereocenters. The molecule has 3 rings (SSSR count). The maximum atomic E-state index is 12.3. The van der Waals surface area contributed by atoms with Crippen molar-refractivity contribution in [3.8, 4) is 0 Å². The molecule has 1 aromatic rings. The van der Waals surface area contributed by atoms with Gasteiger partial charge in [0.1, 0.15) is 0 Å². The quantitative estimate of drug-likeness (QED) is 0.327. The lowest BCUT2D eigenvalue weighted by Gasteiger charge is -2.36. The van der Waals surface area contributed by atoms with Gasteiger partial charge in [-0.3, -0.25) is 9.79 Å². The monoisotopic (exact) mass is 446 g/mol. The Morgan fingerprint density at radius 1 is 1.29 bits per heavy atom. The standard InChI is InChI=1S/C17H26N4O2.HI/c1-18-17(19-8-2-4-14-6-7-14)21-11-9-20(10-12-21)16(22)15-5-3-13-23-15;/h3,5,13-14H,2,4,6-12H2,1H3,(H,18,19);1H. The van der Waals surface area contributed by atoms with Crippen LogP contribution in [-0.4, -0.2) is 61.4 Å². The highest BCUT2D eigenvalue weighted by atomic mass is 127. The van der Waals surface area contributed by atoms with Crippen molar-refractivity contribution < 1.29 is 9.21 Å². The number of nitrogens with one attached hydrogen (secondary N) is 1. The van der Waals surface area contributed by atoms with Crippen LogP contribution in [0.4, 0.5) is 0 Å². The van der Waals surface area contributed by atoms with Crippen molar-refractivity contribution in [2.24, 2.45) is 10.9 Å². The molecule has 1 N–H and O–H groups in total. The van der Waals surface area contributed by atoms with Gasteiger partial charge >= 0.3 is 0 Å². The molecule has 1 saturated carbocycles. The van der Waals surface area contributed by atoms with Gasteiger partial charge in [0.05, 0.1) is 6.26 Å². The Balaban J connectivity index is 0.00000208. The minimum Gasteiger partial charge on any atom is -0.459 e. The Morgan fingerprint density at radius 3 is 2.58 bits per heavy atom. The van der Waals surface area contributed by atoms with Crippen molar-refractivity contribution in [3.63, 3.8) is 0 Å². The number of nitrogens with zero attached hydrogens (tertiary/aromatic N) is 3. The lowest BCUT2D eigenvalue weighted by atomic mass is 10.2. The van der Waals surface area contributed by atoms with Crippen LogP contribution in [0.25, 0.3) is 0 Å². The third-order valence-corrected chi connectivity index (χ3v) is 4.58. The number of halogens is 1. The summed E-state index contributed by atoms with van der Waals surface area (Å²) in [4.78, 5) is 20.7. The molecule has 24 heavy (non-hydrogen) atoms. The summed E-state index contributed by atoms with van der Waals surface area (Å²) in [5, 5.41) is 3.45. The van der Waals surface area contributed by atoms with Crippen LogP contribution < -0.4 is 5.32 Å². The summed E-state index contributed by atoms with van der Waals surface area (Å²) in [5.74, 6) is 2.32. The summed E-state index contributed by atoms with van der Waals surface area (Å²) in [6, 6.07) is 3.46. The zero-order valence-electron chi connectivity index (χ0n) is 14.2. The highest BCUT2D eigenvalue weighted by molar-refractivity contribution is 14.0. The van der Waals surface area contributed by atoms with Crippen LogP contribution >= 0.6 is 24.0 Å². The largest absolute Gasteiger partial charge is 0.459 e. The van der Waals surface area contributed by atoms with E-state index in [2.05, 4.69) is 15.2 Å². The molecule has 0 bridgehead atoms. The van der Waals surface area contributed by atoms with Crippen molar-refractivity contribution in [2.75, 3.05) is 39.8 Å². The lowest BCUT2D eigenvalue weighted by Crippen LogP contribution is -2.53. The number of carbonyl (C=O) groups excluding carboxylic acids is 1. The topological polar surface area (TPSA) is 61.1 Å². The van der Waals surface area contributed by atoms with Crippen molar-refractivity contribution in [3.05, 3.63) is 24.2 Å². The minimum absolute atomic E-state index is 0. The zero-order valence-corrected chi connectivity index (χ0v) is 16.6. The third kappa shape index (κ3) is 5.12. The van der Waals surface area contributed by atoms with Gasteiger partial charge in [0.25, 0.3) is 5.91 Å². The molecule has 0 radical (unpaired) electrons. The molecule has 1 amide bonds. The Labute approximate surface area is 160 Å². The van der Waals surface area contributed by atoms with Gasteiger partial charge in [-0.15, -0.1) is 24.0 Å². The Hall–Kier alpha value is -1.25. The average Bonchev–Trinajstić information content (AvgIpc) is 3.25. The highest BCUT2D eigenvalue weighted by Gasteiger charge is 2.25. The van der Waals surface area contributed by atoms with E-state index < -0.39 is 0 Å². The number of rotatable bonds is 5. The van der Waals surface area contributed by atoms with E-state index in [0.717, 1.165) is 31.5 Å². The fourth-order valence-corrected chi connectivity index (χ4v) is 3.01. The molecule has 2 fully saturated rings. The second kappa shape index (κ2) is 9.29. The summed E-state index contributed by atoms with van der Waals surface area (Å²) in [6.07, 6.45) is 6.91. The van der Waals surface area contributed by atoms with Gasteiger partial charge in [-0.05, 0) is 30.9 Å². The molecule has 2 aliphatic rings. The van der Waals surface area contributed by atoms with Gasteiger partial charge in [0.2, 0.25) is 0 Å². The number of aliphatic imine (C=N–C) groups is 1. The maximum Gasteiger partial charge on any atom is 0.289 e. The van der Waals surface area contributed by atoms with Crippen molar-refractivity contribution in [1.29, 1.82) is 0 Å². The molecular formula is C17H27IN4O2. The summed E-state index contributed by atoms with van der Waals surface area (Å²) in [7, 11) is 1.82. The first-order valence-electron chi connectivity index (χ1n) is 8.56. The minimum atomic E-state index is -0.0259. The smallest absolute Gasteiger partial charge is 0.289 e. The predicted octanol–water partition coefficient (Wildman–Crippen LogP) is 2.42. The van der Waals surface area contributed by atoms with Crippen molar-refractivity contribution >= 4 is 35.8 Å². The van der Waals surface area contributed by atoms with Crippen LogP contribution in [0, 0.1) is 5.92 Å². The van der Waals surface area contributed by atoms with E-state index in [4.69, 9.17) is 4.42 Å². The summed E-state index contributed by atoms with van der Waals surface area (Å²) >= 11 is 0. The Kier molecular flexibility index (Phi) is 7.39. The number of amides is 1. The van der Waals surface area contributed by atoms with Crippen LogP contribution in [0.3, 0.4) is 0 Å². The fourth-order valence-electron chi connectivity index (χ4n) is 3.01. The molecule has 134 valence electrons. The van der Waals surface area contributed by atoms with Crippen LogP contribution in [0.2, 0.25) is 0 Å². The molecule has 2 heterocycles. The number of guanidine groups is 1. The molecular weight excluding hydrogens is 419 g/mol. The van der Waals surface area contributed by atoms with Crippen LogP contribution in [0.1, 0.15) is 36.2 Å². The second-order valence-corrected chi connectivity index (χ2v) is 6.32. The number of furan rings is 1. The molecule has 0 spiro atoms. The molecule has 1 aliphatic heterocycles. The van der Waals surface area contributed by atoms with E-state index in [1.54, 1.807) is 12.1 Å². The van der Waals surface area contributed by atoms with E-state index >= 15 is 0 Å². The van der Waals surface area contributed by atoms with E-state index in [0.29, 0.717) is 18.8 Å². The van der Waals surface area contributed by atoms with Crippen molar-refractivity contribution in [1.82, 2.24) is 15.1 Å². The van der Waals surface area contributed by atoms with Gasteiger partial charge < -0.3 is 19.5 Å². The SMILES string of the molecule is CN=C(NCCCC1CC1)N1CCN(C(=O)c2ccco2)CC1.I. The summed E-state index contributed by atoms with van der Waals surface area (Å²) < 4.78 is 5.19. The summed E-state index contributed by atoms with van der Waals surface area (Å²) in [6.45, 7) is 3.98. The summed E-state index contributed by atoms with van der Waals surface area (Å²) in [5.41, 5.74) is 0. The molecule has 6 nitrogen and oxygen atoms in total. The molecule has 1 aliphatic carbocycles. The molecule has 0 atom stereocenters. The van der Waals surface area contributed by atoms with Gasteiger partial charge in [-0.1, -0.05) is 12.8 Å². The van der Waals surface area contributed by atoms with Crippen LogP contribution in [0.15, 0.2) is 27.8 Å². The van der Waals surface area contributed by atoms with Crippen LogP contribution in [-0.2, 0) is 0 Å².